The van der Waals surface area contributed by atoms with Gasteiger partial charge in [-0.1, -0.05) is 13.8 Å². The molecule has 0 aliphatic heterocycles. The Morgan fingerprint density at radius 1 is 1.14 bits per heavy atom. The largest absolute Gasteiger partial charge is 0.497 e. The van der Waals surface area contributed by atoms with E-state index >= 15 is 0 Å². The van der Waals surface area contributed by atoms with Gasteiger partial charge in [0.2, 0.25) is 0 Å². The van der Waals surface area contributed by atoms with Gasteiger partial charge in [-0.15, -0.1) is 0 Å². The Labute approximate surface area is 128 Å². The van der Waals surface area contributed by atoms with Crippen LogP contribution < -0.4 is 14.8 Å². The highest BCUT2D eigenvalue weighted by atomic mass is 16.5. The number of rotatable bonds is 9. The molecule has 4 nitrogen and oxygen atoms in total. The van der Waals surface area contributed by atoms with Crippen LogP contribution in [0.2, 0.25) is 0 Å². The topological polar surface area (TPSA) is 39.7 Å². The third kappa shape index (κ3) is 4.11. The van der Waals surface area contributed by atoms with Crippen molar-refractivity contribution in [2.45, 2.75) is 45.3 Å². The average Bonchev–Trinajstić information content (AvgIpc) is 2.54. The molecule has 1 aromatic rings. The Kier molecular flexibility index (Phi) is 6.99. The first kappa shape index (κ1) is 17.8. The Morgan fingerprint density at radius 3 is 2.33 bits per heavy atom. The summed E-state index contributed by atoms with van der Waals surface area (Å²) in [5, 5.41) is 3.59. The molecule has 0 amide bonds. The van der Waals surface area contributed by atoms with E-state index in [4.69, 9.17) is 14.2 Å². The number of hydrogen-bond acceptors (Lipinski definition) is 4. The number of benzene rings is 1. The lowest BCUT2D eigenvalue weighted by atomic mass is 9.87. The standard InChI is InChI=1S/C17H29NO3/c1-7-11-18-16(17(3,8-2)21-6)14-10-9-13(19-4)12-15(14)20-5/h9-10,12,16,18H,7-8,11H2,1-6H3. The van der Waals surface area contributed by atoms with E-state index in [1.54, 1.807) is 21.3 Å². The molecule has 0 bridgehead atoms. The molecule has 4 heteroatoms. The fraction of sp³-hybridized carbons (Fsp3) is 0.647. The van der Waals surface area contributed by atoms with E-state index in [-0.39, 0.29) is 11.6 Å². The summed E-state index contributed by atoms with van der Waals surface area (Å²) in [5.74, 6) is 1.61. The molecule has 0 aliphatic rings. The van der Waals surface area contributed by atoms with Crippen molar-refractivity contribution < 1.29 is 14.2 Å². The summed E-state index contributed by atoms with van der Waals surface area (Å²) in [5.41, 5.74) is 0.801. The zero-order valence-electron chi connectivity index (χ0n) is 14.2. The summed E-state index contributed by atoms with van der Waals surface area (Å²) in [4.78, 5) is 0. The van der Waals surface area contributed by atoms with Gasteiger partial charge in [-0.3, -0.25) is 0 Å². The van der Waals surface area contributed by atoms with Crippen LogP contribution in [0.3, 0.4) is 0 Å². The van der Waals surface area contributed by atoms with Gasteiger partial charge in [0, 0.05) is 18.7 Å². The van der Waals surface area contributed by atoms with E-state index < -0.39 is 0 Å². The van der Waals surface area contributed by atoms with E-state index in [9.17, 15) is 0 Å². The maximum absolute atomic E-state index is 5.81. The maximum atomic E-state index is 5.81. The molecule has 2 unspecified atom stereocenters. The molecule has 0 aromatic heterocycles. The van der Waals surface area contributed by atoms with Crippen molar-refractivity contribution in [2.24, 2.45) is 0 Å². The molecule has 120 valence electrons. The Bertz CT molecular complexity index is 430. The second kappa shape index (κ2) is 8.25. The van der Waals surface area contributed by atoms with Crippen LogP contribution in [0.25, 0.3) is 0 Å². The number of nitrogens with one attached hydrogen (secondary N) is 1. The van der Waals surface area contributed by atoms with Gasteiger partial charge in [0.25, 0.3) is 0 Å². The average molecular weight is 295 g/mol. The molecule has 0 spiro atoms. The normalized spacial score (nSPS) is 15.3. The Hall–Kier alpha value is -1.26. The van der Waals surface area contributed by atoms with Crippen molar-refractivity contribution in [3.05, 3.63) is 23.8 Å². The van der Waals surface area contributed by atoms with Gasteiger partial charge >= 0.3 is 0 Å². The van der Waals surface area contributed by atoms with Gasteiger partial charge in [-0.2, -0.15) is 0 Å². The summed E-state index contributed by atoms with van der Waals surface area (Å²) in [6, 6.07) is 6.00. The molecule has 0 saturated heterocycles. The lowest BCUT2D eigenvalue weighted by molar-refractivity contribution is -0.0304. The number of ether oxygens (including phenoxy) is 3. The molecule has 0 saturated carbocycles. The first-order valence-corrected chi connectivity index (χ1v) is 7.56. The van der Waals surface area contributed by atoms with E-state index in [1.807, 2.05) is 12.1 Å². The molecule has 0 aliphatic carbocycles. The Balaban J connectivity index is 3.25. The third-order valence-corrected chi connectivity index (χ3v) is 4.13. The molecule has 1 N–H and O–H groups in total. The predicted molar refractivity (Wildman–Crippen MR) is 86.3 cm³/mol. The Morgan fingerprint density at radius 2 is 1.86 bits per heavy atom. The minimum atomic E-state index is -0.295. The molecule has 1 rings (SSSR count). The molecular formula is C17H29NO3. The molecular weight excluding hydrogens is 266 g/mol. The maximum Gasteiger partial charge on any atom is 0.127 e. The lowest BCUT2D eigenvalue weighted by Gasteiger charge is -2.37. The van der Waals surface area contributed by atoms with Gasteiger partial charge in [-0.05, 0) is 38.4 Å². The van der Waals surface area contributed by atoms with Crippen molar-refractivity contribution in [1.29, 1.82) is 0 Å². The smallest absolute Gasteiger partial charge is 0.127 e. The second-order valence-corrected chi connectivity index (χ2v) is 5.37. The molecule has 21 heavy (non-hydrogen) atoms. The highest BCUT2D eigenvalue weighted by Crippen LogP contribution is 2.38. The summed E-state index contributed by atoms with van der Waals surface area (Å²) < 4.78 is 16.6. The van der Waals surface area contributed by atoms with Crippen LogP contribution in [0.4, 0.5) is 0 Å². The van der Waals surface area contributed by atoms with Crippen molar-refractivity contribution in [2.75, 3.05) is 27.9 Å². The molecule has 0 radical (unpaired) electrons. The molecule has 0 fully saturated rings. The quantitative estimate of drug-likeness (QED) is 0.756. The highest BCUT2D eigenvalue weighted by Gasteiger charge is 2.35. The first-order valence-electron chi connectivity index (χ1n) is 7.56. The van der Waals surface area contributed by atoms with Gasteiger partial charge in [0.15, 0.2) is 0 Å². The van der Waals surface area contributed by atoms with Gasteiger partial charge < -0.3 is 19.5 Å². The minimum Gasteiger partial charge on any atom is -0.497 e. The molecule has 2 atom stereocenters. The monoisotopic (exact) mass is 295 g/mol. The lowest BCUT2D eigenvalue weighted by Crippen LogP contribution is -2.43. The van der Waals surface area contributed by atoms with Crippen LogP contribution in [0.1, 0.15) is 45.2 Å². The van der Waals surface area contributed by atoms with Crippen molar-refractivity contribution in [3.63, 3.8) is 0 Å². The van der Waals surface area contributed by atoms with E-state index in [2.05, 4.69) is 32.2 Å². The van der Waals surface area contributed by atoms with Crippen LogP contribution in [-0.4, -0.2) is 33.5 Å². The van der Waals surface area contributed by atoms with Crippen molar-refractivity contribution in [3.8, 4) is 11.5 Å². The predicted octanol–water partition coefficient (Wildman–Crippen LogP) is 3.56. The number of methoxy groups -OCH3 is 3. The molecule has 1 aromatic carbocycles. The highest BCUT2D eigenvalue weighted by molar-refractivity contribution is 5.43. The van der Waals surface area contributed by atoms with E-state index in [0.717, 1.165) is 36.4 Å². The van der Waals surface area contributed by atoms with Crippen LogP contribution in [0.5, 0.6) is 11.5 Å². The van der Waals surface area contributed by atoms with E-state index in [0.29, 0.717) is 0 Å². The fourth-order valence-corrected chi connectivity index (χ4v) is 2.47. The van der Waals surface area contributed by atoms with Crippen molar-refractivity contribution in [1.82, 2.24) is 5.32 Å². The zero-order valence-corrected chi connectivity index (χ0v) is 14.2. The van der Waals surface area contributed by atoms with Crippen LogP contribution >= 0.6 is 0 Å². The van der Waals surface area contributed by atoms with Gasteiger partial charge in [0.05, 0.1) is 25.9 Å². The fourth-order valence-electron chi connectivity index (χ4n) is 2.47. The van der Waals surface area contributed by atoms with Crippen LogP contribution in [0, 0.1) is 0 Å². The SMILES string of the molecule is CCCNC(c1ccc(OC)cc1OC)C(C)(CC)OC. The molecule has 0 heterocycles. The second-order valence-electron chi connectivity index (χ2n) is 5.37. The minimum absolute atomic E-state index is 0.0632. The van der Waals surface area contributed by atoms with Gasteiger partial charge in [0.1, 0.15) is 11.5 Å². The van der Waals surface area contributed by atoms with Crippen LogP contribution in [0.15, 0.2) is 18.2 Å². The van der Waals surface area contributed by atoms with Crippen molar-refractivity contribution >= 4 is 0 Å². The number of hydrogen-bond donors (Lipinski definition) is 1. The zero-order chi connectivity index (χ0) is 15.9. The third-order valence-electron chi connectivity index (χ3n) is 4.13. The summed E-state index contributed by atoms with van der Waals surface area (Å²) in [6.45, 7) is 7.36. The summed E-state index contributed by atoms with van der Waals surface area (Å²) in [7, 11) is 5.11. The summed E-state index contributed by atoms with van der Waals surface area (Å²) >= 11 is 0. The van der Waals surface area contributed by atoms with Crippen LogP contribution in [-0.2, 0) is 4.74 Å². The first-order chi connectivity index (χ1) is 10.1. The van der Waals surface area contributed by atoms with E-state index in [1.165, 1.54) is 0 Å². The summed E-state index contributed by atoms with van der Waals surface area (Å²) in [6.07, 6.45) is 1.97. The van der Waals surface area contributed by atoms with Gasteiger partial charge in [-0.25, -0.2) is 0 Å².